The highest BCUT2D eigenvalue weighted by Crippen LogP contribution is 2.08. The lowest BCUT2D eigenvalue weighted by molar-refractivity contribution is -0.927. The van der Waals surface area contributed by atoms with Gasteiger partial charge in [-0.05, 0) is 19.1 Å². The Morgan fingerprint density at radius 1 is 0.857 bits per heavy atom. The van der Waals surface area contributed by atoms with E-state index in [0.717, 1.165) is 14.5 Å². The van der Waals surface area contributed by atoms with Crippen LogP contribution in [0, 0.1) is 6.92 Å². The number of aryl methyl sites for hydroxylation is 1. The zero-order valence-corrected chi connectivity index (χ0v) is 15.1. The van der Waals surface area contributed by atoms with Gasteiger partial charge in [-0.1, -0.05) is 17.7 Å². The Labute approximate surface area is 129 Å². The van der Waals surface area contributed by atoms with Gasteiger partial charge >= 0.3 is 0 Å². The monoisotopic (exact) mass is 317 g/mol. The summed E-state index contributed by atoms with van der Waals surface area (Å²) in [7, 11) is 9.12. The van der Waals surface area contributed by atoms with Crippen molar-refractivity contribution in [3.63, 3.8) is 0 Å². The number of rotatable bonds is 4. The molecule has 0 amide bonds. The van der Waals surface area contributed by atoms with E-state index < -0.39 is 10.1 Å². The van der Waals surface area contributed by atoms with Crippen LogP contribution < -0.4 is 0 Å². The first-order chi connectivity index (χ1) is 9.21. The van der Waals surface area contributed by atoms with E-state index >= 15 is 0 Å². The molecule has 1 aromatic rings. The van der Waals surface area contributed by atoms with Crippen molar-refractivity contribution >= 4 is 10.1 Å². The van der Waals surface area contributed by atoms with E-state index in [2.05, 4.69) is 42.3 Å². The van der Waals surface area contributed by atoms with Crippen molar-refractivity contribution in [2.75, 3.05) is 55.4 Å². The van der Waals surface area contributed by atoms with Crippen molar-refractivity contribution in [3.8, 4) is 0 Å². The summed E-state index contributed by atoms with van der Waals surface area (Å²) in [6.07, 6.45) is 0. The van der Waals surface area contributed by atoms with Gasteiger partial charge in [-0.3, -0.25) is 0 Å². The van der Waals surface area contributed by atoms with Crippen molar-refractivity contribution < 1.29 is 21.9 Å². The number of nitrogens with zero attached hydrogens (tertiary/aromatic N) is 2. The molecule has 0 spiro atoms. The van der Waals surface area contributed by atoms with Crippen LogP contribution in [-0.2, 0) is 10.1 Å². The highest BCUT2D eigenvalue weighted by atomic mass is 32.2. The molecule has 5 nitrogen and oxygen atoms in total. The summed E-state index contributed by atoms with van der Waals surface area (Å²) in [5.74, 6) is 0. The average molecular weight is 317 g/mol. The minimum absolute atomic E-state index is 0.178. The summed E-state index contributed by atoms with van der Waals surface area (Å²) >= 11 is 0. The van der Waals surface area contributed by atoms with Crippen molar-refractivity contribution in [1.29, 1.82) is 0 Å². The molecule has 0 atom stereocenters. The molecular weight excluding hydrogens is 288 g/mol. The molecule has 0 aliphatic heterocycles. The van der Waals surface area contributed by atoms with Crippen LogP contribution in [0.5, 0.6) is 0 Å². The van der Waals surface area contributed by atoms with E-state index in [4.69, 9.17) is 0 Å². The molecule has 0 bridgehead atoms. The van der Waals surface area contributed by atoms with Crippen LogP contribution in [0.3, 0.4) is 0 Å². The van der Waals surface area contributed by atoms with E-state index in [0.29, 0.717) is 0 Å². The molecule has 0 radical (unpaired) electrons. The average Bonchev–Trinajstić information content (AvgIpc) is 2.25. The summed E-state index contributed by atoms with van der Waals surface area (Å²) in [4.78, 5) is -0.178. The van der Waals surface area contributed by atoms with Crippen LogP contribution in [-0.4, -0.2) is 77.3 Å². The third kappa shape index (κ3) is 11.4. The standard InChI is InChI=1S/C8H22N2.C7H8O3S/c1-9(2,3)7-8-10(4,5)6;1-6-2-4-7(5-3-6)11(8,9)10/h7-8H2,1-6H3;2-5H,1H3,(H,8,9,10)/q+2;/p-1. The highest BCUT2D eigenvalue weighted by Gasteiger charge is 2.13. The molecule has 0 aliphatic rings. The highest BCUT2D eigenvalue weighted by molar-refractivity contribution is 7.85. The second-order valence-electron chi connectivity index (χ2n) is 7.30. The Balaban J connectivity index is 0.000000384. The summed E-state index contributed by atoms with van der Waals surface area (Å²) in [5.41, 5.74) is 0.928. The van der Waals surface area contributed by atoms with Crippen molar-refractivity contribution in [3.05, 3.63) is 29.8 Å². The molecule has 0 aromatic heterocycles. The Kier molecular flexibility index (Phi) is 7.02. The van der Waals surface area contributed by atoms with Crippen molar-refractivity contribution in [1.82, 2.24) is 0 Å². The van der Waals surface area contributed by atoms with Crippen LogP contribution in [0.4, 0.5) is 0 Å². The second-order valence-corrected chi connectivity index (χ2v) is 8.67. The van der Waals surface area contributed by atoms with Gasteiger partial charge in [0.2, 0.25) is 0 Å². The largest absolute Gasteiger partial charge is 0.744 e. The number of hydrogen-bond donors (Lipinski definition) is 0. The summed E-state index contributed by atoms with van der Waals surface area (Å²) in [6.45, 7) is 4.30. The summed E-state index contributed by atoms with van der Waals surface area (Å²) in [5, 5.41) is 0. The van der Waals surface area contributed by atoms with Gasteiger partial charge in [0.15, 0.2) is 0 Å². The van der Waals surface area contributed by atoms with Gasteiger partial charge in [-0.25, -0.2) is 8.42 Å². The normalized spacial score (nSPS) is 12.6. The Hall–Kier alpha value is -0.950. The molecule has 0 unspecified atom stereocenters. The molecule has 6 heteroatoms. The lowest BCUT2D eigenvalue weighted by atomic mass is 10.2. The third-order valence-corrected chi connectivity index (χ3v) is 3.60. The van der Waals surface area contributed by atoms with Crippen LogP contribution in [0.15, 0.2) is 29.2 Å². The smallest absolute Gasteiger partial charge is 0.128 e. The number of benzene rings is 1. The third-order valence-electron chi connectivity index (χ3n) is 2.75. The molecule has 122 valence electrons. The van der Waals surface area contributed by atoms with Gasteiger partial charge in [-0.15, -0.1) is 0 Å². The maximum Gasteiger partial charge on any atom is 0.128 e. The Morgan fingerprint density at radius 3 is 1.43 bits per heavy atom. The van der Waals surface area contributed by atoms with Gasteiger partial charge in [0.25, 0.3) is 0 Å². The molecule has 0 aliphatic carbocycles. The fraction of sp³-hybridized carbons (Fsp3) is 0.600. The van der Waals surface area contributed by atoms with Crippen LogP contribution in [0.2, 0.25) is 0 Å². The fourth-order valence-electron chi connectivity index (χ4n) is 1.30. The lowest BCUT2D eigenvalue weighted by Gasteiger charge is -2.30. The Bertz CT molecular complexity index is 510. The zero-order valence-electron chi connectivity index (χ0n) is 14.3. The second kappa shape index (κ2) is 7.35. The van der Waals surface area contributed by atoms with Gasteiger partial charge in [0.1, 0.15) is 23.2 Å². The number of hydrogen-bond acceptors (Lipinski definition) is 3. The minimum atomic E-state index is -4.27. The molecule has 1 rings (SSSR count). The van der Waals surface area contributed by atoms with E-state index in [9.17, 15) is 13.0 Å². The zero-order chi connectivity index (χ0) is 16.9. The van der Waals surface area contributed by atoms with E-state index in [1.54, 1.807) is 12.1 Å². The molecule has 0 saturated carbocycles. The van der Waals surface area contributed by atoms with E-state index in [1.165, 1.54) is 25.2 Å². The first-order valence-corrected chi connectivity index (χ1v) is 8.25. The fourth-order valence-corrected chi connectivity index (χ4v) is 1.77. The van der Waals surface area contributed by atoms with Gasteiger partial charge < -0.3 is 13.5 Å². The predicted molar refractivity (Wildman–Crippen MR) is 84.9 cm³/mol. The number of quaternary nitrogens is 2. The van der Waals surface area contributed by atoms with Crippen LogP contribution >= 0.6 is 0 Å². The predicted octanol–water partition coefficient (Wildman–Crippen LogP) is 1.30. The SMILES string of the molecule is C[N+](C)(C)CC[N+](C)(C)C.Cc1ccc(S(=O)(=O)[O-])cc1. The molecule has 0 fully saturated rings. The van der Waals surface area contributed by atoms with E-state index in [-0.39, 0.29) is 4.90 Å². The number of likely N-dealkylation sites (N-methyl/N-ethyl adjacent to an activating group) is 2. The molecule has 0 heterocycles. The minimum Gasteiger partial charge on any atom is -0.744 e. The van der Waals surface area contributed by atoms with E-state index in [1.807, 2.05) is 6.92 Å². The van der Waals surface area contributed by atoms with Crippen LogP contribution in [0.1, 0.15) is 5.56 Å². The van der Waals surface area contributed by atoms with Crippen LogP contribution in [0.25, 0.3) is 0 Å². The molecule has 21 heavy (non-hydrogen) atoms. The van der Waals surface area contributed by atoms with Gasteiger partial charge in [0.05, 0.1) is 47.2 Å². The maximum absolute atomic E-state index is 10.4. The molecule has 0 N–H and O–H groups in total. The molecular formula is C15H29N2O3S+. The topological polar surface area (TPSA) is 57.2 Å². The van der Waals surface area contributed by atoms with Gasteiger partial charge in [0, 0.05) is 0 Å². The van der Waals surface area contributed by atoms with Crippen molar-refractivity contribution in [2.24, 2.45) is 0 Å². The van der Waals surface area contributed by atoms with Crippen molar-refractivity contribution in [2.45, 2.75) is 11.8 Å². The first kappa shape index (κ1) is 20.1. The molecule has 1 aromatic carbocycles. The first-order valence-electron chi connectivity index (χ1n) is 6.84. The maximum atomic E-state index is 10.4. The summed E-state index contributed by atoms with van der Waals surface area (Å²) in [6, 6.07) is 5.78. The Morgan fingerprint density at radius 2 is 1.19 bits per heavy atom. The summed E-state index contributed by atoms with van der Waals surface area (Å²) < 4.78 is 33.3. The lowest BCUT2D eigenvalue weighted by Crippen LogP contribution is -2.46. The quantitative estimate of drug-likeness (QED) is 0.621. The van der Waals surface area contributed by atoms with Gasteiger partial charge in [-0.2, -0.15) is 0 Å². The molecule has 0 saturated heterocycles.